The van der Waals surface area contributed by atoms with Gasteiger partial charge in [0.25, 0.3) is 0 Å². The summed E-state index contributed by atoms with van der Waals surface area (Å²) in [5.74, 6) is 1.71. The van der Waals surface area contributed by atoms with Crippen LogP contribution in [-0.4, -0.2) is 19.5 Å². The first-order valence-electron chi connectivity index (χ1n) is 20.8. The van der Waals surface area contributed by atoms with Crippen molar-refractivity contribution >= 4 is 43.7 Å². The Morgan fingerprint density at radius 2 is 0.790 bits per heavy atom. The van der Waals surface area contributed by atoms with Gasteiger partial charge in [-0.15, -0.1) is 0 Å². The highest BCUT2D eigenvalue weighted by Gasteiger charge is 2.22. The van der Waals surface area contributed by atoms with Crippen molar-refractivity contribution in [3.8, 4) is 73.2 Å². The molecule has 0 saturated heterocycles. The van der Waals surface area contributed by atoms with Crippen LogP contribution in [0.25, 0.3) is 117 Å². The zero-order chi connectivity index (χ0) is 41.0. The molecular formula is C57H36N4O. The number of benzene rings is 9. The topological polar surface area (TPSA) is 56.7 Å². The number of hydrogen-bond acceptors (Lipinski definition) is 4. The summed E-state index contributed by atoms with van der Waals surface area (Å²) in [6.07, 6.45) is 0. The van der Waals surface area contributed by atoms with Crippen molar-refractivity contribution in [1.82, 2.24) is 19.5 Å². The highest BCUT2D eigenvalue weighted by atomic mass is 16.3. The van der Waals surface area contributed by atoms with Crippen LogP contribution < -0.4 is 0 Å². The minimum absolute atomic E-state index is 0.541. The highest BCUT2D eigenvalue weighted by molar-refractivity contribution is 6.22. The molecule has 0 fully saturated rings. The molecule has 0 N–H and O–H groups in total. The SMILES string of the molecule is c1ccc(-c2ccc(-c3nc(-c4cccc(-c5ccccc5)c4)nc(-c4cccc5c4oc4c5ccc5c6ccccc6n(-c6cccc(-c7ccccc7)c6)c54)n3)cc2)cc1. The first-order chi connectivity index (χ1) is 30.7. The number of nitrogens with zero attached hydrogens (tertiary/aromatic N) is 4. The summed E-state index contributed by atoms with van der Waals surface area (Å²) < 4.78 is 9.52. The van der Waals surface area contributed by atoms with E-state index in [1.165, 1.54) is 5.56 Å². The van der Waals surface area contributed by atoms with E-state index in [0.717, 1.165) is 93.9 Å². The quantitative estimate of drug-likeness (QED) is 0.161. The molecule has 9 aromatic carbocycles. The number of fused-ring (bicyclic) bond motifs is 7. The van der Waals surface area contributed by atoms with Crippen LogP contribution in [0, 0.1) is 0 Å². The first kappa shape index (κ1) is 35.5. The zero-order valence-corrected chi connectivity index (χ0v) is 33.5. The molecule has 12 aromatic rings. The highest BCUT2D eigenvalue weighted by Crippen LogP contribution is 2.43. The Bertz CT molecular complexity index is 3610. The summed E-state index contributed by atoms with van der Waals surface area (Å²) in [7, 11) is 0. The Kier molecular flexibility index (Phi) is 8.42. The average Bonchev–Trinajstić information content (AvgIpc) is 3.91. The molecular weight excluding hydrogens is 757 g/mol. The molecule has 290 valence electrons. The maximum atomic E-state index is 7.17. The van der Waals surface area contributed by atoms with Crippen LogP contribution in [0.1, 0.15) is 0 Å². The average molecular weight is 793 g/mol. The normalized spacial score (nSPS) is 11.5. The Hall–Kier alpha value is -8.41. The van der Waals surface area contributed by atoms with Gasteiger partial charge in [-0.1, -0.05) is 182 Å². The number of furan rings is 1. The number of rotatable bonds is 7. The predicted molar refractivity (Wildman–Crippen MR) is 254 cm³/mol. The van der Waals surface area contributed by atoms with Crippen LogP contribution in [0.2, 0.25) is 0 Å². The summed E-state index contributed by atoms with van der Waals surface area (Å²) in [6.45, 7) is 0. The van der Waals surface area contributed by atoms with E-state index in [0.29, 0.717) is 17.5 Å². The summed E-state index contributed by atoms with van der Waals surface area (Å²) in [6, 6.07) is 76.2. The molecule has 0 atom stereocenters. The molecule has 5 nitrogen and oxygen atoms in total. The van der Waals surface area contributed by atoms with Gasteiger partial charge in [0.15, 0.2) is 23.1 Å². The van der Waals surface area contributed by atoms with Gasteiger partial charge in [0.05, 0.1) is 16.6 Å². The van der Waals surface area contributed by atoms with E-state index in [1.807, 2.05) is 12.1 Å². The minimum atomic E-state index is 0.541. The maximum Gasteiger partial charge on any atom is 0.167 e. The zero-order valence-electron chi connectivity index (χ0n) is 33.5. The molecule has 0 aliphatic heterocycles. The van der Waals surface area contributed by atoms with Gasteiger partial charge in [-0.2, -0.15) is 0 Å². The molecule has 0 aliphatic rings. The van der Waals surface area contributed by atoms with Gasteiger partial charge in [0.1, 0.15) is 5.58 Å². The van der Waals surface area contributed by atoms with Gasteiger partial charge in [0, 0.05) is 38.4 Å². The van der Waals surface area contributed by atoms with Crippen molar-refractivity contribution in [2.75, 3.05) is 0 Å². The van der Waals surface area contributed by atoms with Gasteiger partial charge in [-0.05, 0) is 69.8 Å². The molecule has 3 aromatic heterocycles. The number of hydrogen-bond donors (Lipinski definition) is 0. The molecule has 0 radical (unpaired) electrons. The fraction of sp³-hybridized carbons (Fsp3) is 0. The molecule has 0 aliphatic carbocycles. The molecule has 0 spiro atoms. The van der Waals surface area contributed by atoms with E-state index < -0.39 is 0 Å². The van der Waals surface area contributed by atoms with E-state index >= 15 is 0 Å². The van der Waals surface area contributed by atoms with Crippen molar-refractivity contribution in [3.05, 3.63) is 218 Å². The third kappa shape index (κ3) is 6.06. The third-order valence-corrected chi connectivity index (χ3v) is 11.9. The largest absolute Gasteiger partial charge is 0.453 e. The third-order valence-electron chi connectivity index (χ3n) is 11.9. The molecule has 0 saturated carbocycles. The van der Waals surface area contributed by atoms with Gasteiger partial charge in [0.2, 0.25) is 0 Å². The lowest BCUT2D eigenvalue weighted by atomic mass is 10.0. The van der Waals surface area contributed by atoms with Gasteiger partial charge < -0.3 is 8.98 Å². The molecule has 0 unspecified atom stereocenters. The molecule has 62 heavy (non-hydrogen) atoms. The summed E-state index contributed by atoms with van der Waals surface area (Å²) in [5.41, 5.74) is 14.2. The second-order valence-electron chi connectivity index (χ2n) is 15.6. The second-order valence-corrected chi connectivity index (χ2v) is 15.6. The Morgan fingerprint density at radius 1 is 0.306 bits per heavy atom. The van der Waals surface area contributed by atoms with Crippen molar-refractivity contribution in [2.45, 2.75) is 0 Å². The van der Waals surface area contributed by atoms with E-state index in [9.17, 15) is 0 Å². The van der Waals surface area contributed by atoms with Crippen LogP contribution in [0.4, 0.5) is 0 Å². The van der Waals surface area contributed by atoms with E-state index in [1.54, 1.807) is 0 Å². The molecule has 5 heteroatoms. The van der Waals surface area contributed by atoms with E-state index in [-0.39, 0.29) is 0 Å². The number of aromatic nitrogens is 4. The summed E-state index contributed by atoms with van der Waals surface area (Å²) in [5, 5.41) is 4.31. The summed E-state index contributed by atoms with van der Waals surface area (Å²) in [4.78, 5) is 15.6. The Morgan fingerprint density at radius 3 is 1.52 bits per heavy atom. The lowest BCUT2D eigenvalue weighted by Crippen LogP contribution is -2.00. The van der Waals surface area contributed by atoms with Crippen molar-refractivity contribution < 1.29 is 4.42 Å². The van der Waals surface area contributed by atoms with Crippen LogP contribution in [0.15, 0.2) is 223 Å². The minimum Gasteiger partial charge on any atom is -0.453 e. The van der Waals surface area contributed by atoms with Gasteiger partial charge >= 0.3 is 0 Å². The van der Waals surface area contributed by atoms with E-state index in [2.05, 4.69) is 211 Å². The lowest BCUT2D eigenvalue weighted by Gasteiger charge is -2.11. The van der Waals surface area contributed by atoms with Crippen LogP contribution in [-0.2, 0) is 0 Å². The van der Waals surface area contributed by atoms with Gasteiger partial charge in [-0.3, -0.25) is 0 Å². The summed E-state index contributed by atoms with van der Waals surface area (Å²) >= 11 is 0. The van der Waals surface area contributed by atoms with Crippen LogP contribution >= 0.6 is 0 Å². The molecule has 0 amide bonds. The van der Waals surface area contributed by atoms with Crippen molar-refractivity contribution in [3.63, 3.8) is 0 Å². The molecule has 0 bridgehead atoms. The Balaban J connectivity index is 1.07. The maximum absolute atomic E-state index is 7.17. The van der Waals surface area contributed by atoms with Gasteiger partial charge in [-0.25, -0.2) is 15.0 Å². The predicted octanol–water partition coefficient (Wildman–Crippen LogP) is 14.9. The van der Waals surface area contributed by atoms with Crippen molar-refractivity contribution in [2.24, 2.45) is 0 Å². The molecule has 3 heterocycles. The fourth-order valence-corrected chi connectivity index (χ4v) is 8.87. The fourth-order valence-electron chi connectivity index (χ4n) is 8.87. The number of para-hydroxylation sites is 2. The first-order valence-corrected chi connectivity index (χ1v) is 20.8. The molecule has 12 rings (SSSR count). The lowest BCUT2D eigenvalue weighted by molar-refractivity contribution is 0.671. The monoisotopic (exact) mass is 792 g/mol. The second kappa shape index (κ2) is 14.7. The van der Waals surface area contributed by atoms with Crippen LogP contribution in [0.3, 0.4) is 0 Å². The van der Waals surface area contributed by atoms with E-state index in [4.69, 9.17) is 19.4 Å². The Labute approximate surface area is 357 Å². The van der Waals surface area contributed by atoms with Crippen LogP contribution in [0.5, 0.6) is 0 Å². The van der Waals surface area contributed by atoms with Crippen molar-refractivity contribution in [1.29, 1.82) is 0 Å². The smallest absolute Gasteiger partial charge is 0.167 e. The standard InChI is InChI=1S/C57H36N4O/c1-4-15-37(16-5-1)40-29-31-41(32-30-40)55-58-56(44-23-12-21-42(35-44)38-17-6-2-7-18-38)60-57(59-55)50-27-14-26-48-49-34-33-47-46-25-10-11-28-51(46)61(52(47)54(49)62-53(48)50)45-24-13-22-43(36-45)39-19-8-3-9-20-39/h1-36H.